The number of nitrogens with zero attached hydrogens (tertiary/aromatic N) is 2. The maximum atomic E-state index is 12.5. The highest BCUT2D eigenvalue weighted by atomic mass is 127. The van der Waals surface area contributed by atoms with Crippen molar-refractivity contribution in [2.75, 3.05) is 13.1 Å². The predicted molar refractivity (Wildman–Crippen MR) is 84.7 cm³/mol. The molecule has 1 saturated heterocycles. The van der Waals surface area contributed by atoms with Gasteiger partial charge in [0.25, 0.3) is 11.6 Å². The Balaban J connectivity index is 2.21. The predicted octanol–water partition coefficient (Wildman–Crippen LogP) is 3.46. The van der Waals surface area contributed by atoms with Crippen molar-refractivity contribution >= 4 is 34.2 Å². The monoisotopic (exact) mass is 388 g/mol. The number of non-ortho nitro benzene ring substituents is 1. The first kappa shape index (κ1) is 15.2. The van der Waals surface area contributed by atoms with Crippen molar-refractivity contribution in [1.82, 2.24) is 4.90 Å². The molecule has 20 heavy (non-hydrogen) atoms. The van der Waals surface area contributed by atoms with E-state index in [9.17, 15) is 14.9 Å². The zero-order valence-corrected chi connectivity index (χ0v) is 13.7. The fourth-order valence-electron chi connectivity index (χ4n) is 2.28. The van der Waals surface area contributed by atoms with Gasteiger partial charge in [0.05, 0.1) is 10.5 Å². The Bertz CT molecular complexity index is 547. The summed E-state index contributed by atoms with van der Waals surface area (Å²) in [4.78, 5) is 24.7. The number of rotatable bonds is 2. The number of nitro benzene ring substituents is 1. The van der Waals surface area contributed by atoms with Crippen molar-refractivity contribution in [3.63, 3.8) is 0 Å². The largest absolute Gasteiger partial charge is 0.339 e. The second kappa shape index (κ2) is 5.67. The molecule has 5 nitrogen and oxygen atoms in total. The van der Waals surface area contributed by atoms with Crippen molar-refractivity contribution in [3.8, 4) is 0 Å². The maximum Gasteiger partial charge on any atom is 0.270 e. The zero-order chi connectivity index (χ0) is 14.9. The average Bonchev–Trinajstić information content (AvgIpc) is 2.38. The maximum absolute atomic E-state index is 12.5. The Morgan fingerprint density at radius 2 is 1.95 bits per heavy atom. The van der Waals surface area contributed by atoms with E-state index in [1.165, 1.54) is 12.1 Å². The first-order valence-electron chi connectivity index (χ1n) is 6.53. The summed E-state index contributed by atoms with van der Waals surface area (Å²) in [5.41, 5.74) is 0.665. The summed E-state index contributed by atoms with van der Waals surface area (Å²) in [5.74, 6) is -0.103. The molecule has 1 aromatic carbocycles. The summed E-state index contributed by atoms with van der Waals surface area (Å²) >= 11 is 2.05. The van der Waals surface area contributed by atoms with Crippen LogP contribution in [0.2, 0.25) is 0 Å². The van der Waals surface area contributed by atoms with Crippen LogP contribution in [-0.2, 0) is 0 Å². The normalized spacial score (nSPS) is 17.9. The Morgan fingerprint density at radius 3 is 2.50 bits per heavy atom. The van der Waals surface area contributed by atoms with Gasteiger partial charge in [0.15, 0.2) is 0 Å². The molecule has 1 fully saturated rings. The van der Waals surface area contributed by atoms with Gasteiger partial charge >= 0.3 is 0 Å². The molecule has 1 aromatic rings. The van der Waals surface area contributed by atoms with Crippen molar-refractivity contribution in [1.29, 1.82) is 0 Å². The van der Waals surface area contributed by atoms with E-state index in [0.29, 0.717) is 18.7 Å². The van der Waals surface area contributed by atoms with Crippen LogP contribution in [0.1, 0.15) is 37.0 Å². The van der Waals surface area contributed by atoms with Crippen LogP contribution in [0, 0.1) is 19.1 Å². The van der Waals surface area contributed by atoms with Gasteiger partial charge in [-0.1, -0.05) is 13.8 Å². The van der Waals surface area contributed by atoms with Gasteiger partial charge in [0.1, 0.15) is 0 Å². The Morgan fingerprint density at radius 1 is 1.35 bits per heavy atom. The third kappa shape index (κ3) is 3.28. The number of halogens is 1. The fourth-order valence-corrected chi connectivity index (χ4v) is 2.84. The van der Waals surface area contributed by atoms with E-state index < -0.39 is 4.92 Å². The average molecular weight is 388 g/mol. The van der Waals surface area contributed by atoms with Crippen LogP contribution in [0.15, 0.2) is 18.2 Å². The molecule has 0 radical (unpaired) electrons. The molecular formula is C14H17IN2O3. The lowest BCUT2D eigenvalue weighted by molar-refractivity contribution is -0.384. The van der Waals surface area contributed by atoms with E-state index in [2.05, 4.69) is 13.8 Å². The molecule has 1 aliphatic rings. The molecule has 1 heterocycles. The van der Waals surface area contributed by atoms with Gasteiger partial charge in [0, 0.05) is 28.8 Å². The summed E-state index contributed by atoms with van der Waals surface area (Å²) in [6.45, 7) is 5.83. The quantitative estimate of drug-likeness (QED) is 0.443. The number of carbonyl (C=O) groups is 1. The van der Waals surface area contributed by atoms with Gasteiger partial charge in [-0.05, 0) is 46.9 Å². The van der Waals surface area contributed by atoms with Gasteiger partial charge in [-0.25, -0.2) is 0 Å². The minimum atomic E-state index is -0.466. The van der Waals surface area contributed by atoms with Crippen molar-refractivity contribution < 1.29 is 9.72 Å². The van der Waals surface area contributed by atoms with E-state index in [4.69, 9.17) is 0 Å². The van der Waals surface area contributed by atoms with Gasteiger partial charge in [-0.3, -0.25) is 14.9 Å². The summed E-state index contributed by atoms with van der Waals surface area (Å²) in [6, 6.07) is 4.43. The molecule has 0 aliphatic carbocycles. The molecule has 1 aliphatic heterocycles. The molecule has 0 aromatic heterocycles. The topological polar surface area (TPSA) is 63.5 Å². The number of likely N-dealkylation sites (tertiary alicyclic amines) is 1. The van der Waals surface area contributed by atoms with Crippen LogP contribution in [-0.4, -0.2) is 28.8 Å². The molecule has 6 heteroatoms. The molecule has 0 bridgehead atoms. The third-order valence-corrected chi connectivity index (χ3v) is 4.74. The van der Waals surface area contributed by atoms with Gasteiger partial charge in [-0.2, -0.15) is 0 Å². The molecule has 0 spiro atoms. The number of hydrogen-bond donors (Lipinski definition) is 0. The lowest BCUT2D eigenvalue weighted by atomic mass is 9.82. The highest BCUT2D eigenvalue weighted by Gasteiger charge is 2.29. The van der Waals surface area contributed by atoms with Crippen molar-refractivity contribution in [2.24, 2.45) is 5.41 Å². The van der Waals surface area contributed by atoms with E-state index in [0.717, 1.165) is 16.4 Å². The number of piperidine rings is 1. The zero-order valence-electron chi connectivity index (χ0n) is 11.6. The van der Waals surface area contributed by atoms with Gasteiger partial charge in [0.2, 0.25) is 0 Å². The van der Waals surface area contributed by atoms with Gasteiger partial charge in [-0.15, -0.1) is 0 Å². The van der Waals surface area contributed by atoms with Crippen LogP contribution >= 0.6 is 22.6 Å². The Kier molecular flexibility index (Phi) is 4.31. The molecule has 0 N–H and O–H groups in total. The molecule has 0 atom stereocenters. The van der Waals surface area contributed by atoms with E-state index >= 15 is 0 Å². The van der Waals surface area contributed by atoms with Crippen molar-refractivity contribution in [2.45, 2.75) is 26.7 Å². The fraction of sp³-hybridized carbons (Fsp3) is 0.500. The minimum absolute atomic E-state index is 0.0360. The second-order valence-corrected chi connectivity index (χ2v) is 7.04. The van der Waals surface area contributed by atoms with E-state index in [1.807, 2.05) is 22.6 Å². The molecular weight excluding hydrogens is 371 g/mol. The summed E-state index contributed by atoms with van der Waals surface area (Å²) in [6.07, 6.45) is 1.93. The lowest BCUT2D eigenvalue weighted by Crippen LogP contribution is -2.41. The molecule has 2 rings (SSSR count). The minimum Gasteiger partial charge on any atom is -0.339 e. The van der Waals surface area contributed by atoms with E-state index in [1.54, 1.807) is 11.0 Å². The van der Waals surface area contributed by atoms with Crippen LogP contribution in [0.5, 0.6) is 0 Å². The van der Waals surface area contributed by atoms with Gasteiger partial charge < -0.3 is 4.90 Å². The van der Waals surface area contributed by atoms with Crippen molar-refractivity contribution in [3.05, 3.63) is 37.4 Å². The smallest absolute Gasteiger partial charge is 0.270 e. The van der Waals surface area contributed by atoms with Crippen LogP contribution in [0.3, 0.4) is 0 Å². The number of benzene rings is 1. The summed E-state index contributed by atoms with van der Waals surface area (Å²) in [7, 11) is 0. The van der Waals surface area contributed by atoms with E-state index in [-0.39, 0.29) is 17.0 Å². The third-order valence-electron chi connectivity index (χ3n) is 3.80. The molecule has 0 unspecified atom stereocenters. The van der Waals surface area contributed by atoms with Crippen LogP contribution in [0.4, 0.5) is 5.69 Å². The first-order chi connectivity index (χ1) is 9.30. The highest BCUT2D eigenvalue weighted by molar-refractivity contribution is 14.1. The lowest BCUT2D eigenvalue weighted by Gasteiger charge is -2.37. The highest BCUT2D eigenvalue weighted by Crippen LogP contribution is 2.31. The standard InChI is InChI=1S/C14H17IN2O3/c1-14(2)5-7-16(8-6-14)13(18)11-9-10(17(19)20)3-4-12(11)15/h3-4,9H,5-8H2,1-2H3. The Labute approximate surface area is 131 Å². The Hall–Kier alpha value is -1.18. The number of hydrogen-bond acceptors (Lipinski definition) is 3. The van der Waals surface area contributed by atoms with Crippen LogP contribution < -0.4 is 0 Å². The molecule has 1 amide bonds. The SMILES string of the molecule is CC1(C)CCN(C(=O)c2cc([N+](=O)[O-])ccc2I)CC1. The molecule has 0 saturated carbocycles. The number of amides is 1. The first-order valence-corrected chi connectivity index (χ1v) is 7.61. The second-order valence-electron chi connectivity index (χ2n) is 5.88. The number of nitro groups is 1. The van der Waals surface area contributed by atoms with Crippen LogP contribution in [0.25, 0.3) is 0 Å². The summed E-state index contributed by atoms with van der Waals surface area (Å²) < 4.78 is 0.753. The summed E-state index contributed by atoms with van der Waals surface area (Å²) in [5, 5.41) is 10.8. The molecule has 108 valence electrons. The number of carbonyl (C=O) groups excluding carboxylic acids is 1.